The second-order valence-corrected chi connectivity index (χ2v) is 5.71. The highest BCUT2D eigenvalue weighted by atomic mass is 16.2. The molecular formula is C16H23N5O2. The second kappa shape index (κ2) is 7.71. The van der Waals surface area contributed by atoms with Crippen LogP contribution in [0.3, 0.4) is 0 Å². The van der Waals surface area contributed by atoms with Gasteiger partial charge in [0.05, 0.1) is 5.92 Å². The number of carbonyl (C=O) groups is 2. The van der Waals surface area contributed by atoms with Crippen LogP contribution in [0, 0.1) is 5.92 Å². The Hall–Kier alpha value is -2.44. The maximum Gasteiger partial charge on any atom is 0.246 e. The average Bonchev–Trinajstić information content (AvgIpc) is 3.03. The summed E-state index contributed by atoms with van der Waals surface area (Å²) in [5.41, 5.74) is 0.767. The molecule has 2 rings (SSSR count). The fourth-order valence-electron chi connectivity index (χ4n) is 2.41. The summed E-state index contributed by atoms with van der Waals surface area (Å²) in [6.07, 6.45) is 7.27. The van der Waals surface area contributed by atoms with Crippen molar-refractivity contribution < 1.29 is 9.59 Å². The van der Waals surface area contributed by atoms with Gasteiger partial charge < -0.3 is 15.1 Å². The molecule has 1 aromatic rings. The van der Waals surface area contributed by atoms with E-state index in [9.17, 15) is 9.59 Å². The molecule has 23 heavy (non-hydrogen) atoms. The number of likely N-dealkylation sites (tertiary alicyclic amines) is 1. The predicted octanol–water partition coefficient (Wildman–Crippen LogP) is 0.540. The summed E-state index contributed by atoms with van der Waals surface area (Å²) in [4.78, 5) is 35.9. The number of nitrogens with zero attached hydrogens (tertiary/aromatic N) is 4. The highest BCUT2D eigenvalue weighted by Gasteiger charge is 2.29. The van der Waals surface area contributed by atoms with Gasteiger partial charge in [0, 0.05) is 57.8 Å². The minimum absolute atomic E-state index is 0.0273. The first-order valence-electron chi connectivity index (χ1n) is 7.75. The number of amides is 2. The van der Waals surface area contributed by atoms with Gasteiger partial charge in [-0.25, -0.2) is 9.97 Å². The molecule has 1 aliphatic rings. The molecule has 1 aromatic heterocycles. The van der Waals surface area contributed by atoms with Crippen LogP contribution >= 0.6 is 0 Å². The zero-order valence-corrected chi connectivity index (χ0v) is 13.8. The number of carbonyl (C=O) groups excluding carboxylic acids is 2. The van der Waals surface area contributed by atoms with E-state index in [0.717, 1.165) is 5.56 Å². The Labute approximate surface area is 136 Å². The average molecular weight is 317 g/mol. The van der Waals surface area contributed by atoms with Crippen molar-refractivity contribution in [3.63, 3.8) is 0 Å². The molecule has 0 radical (unpaired) electrons. The quantitative estimate of drug-likeness (QED) is 0.802. The Bertz CT molecular complexity index is 583. The van der Waals surface area contributed by atoms with Gasteiger partial charge in [0.1, 0.15) is 0 Å². The first-order valence-corrected chi connectivity index (χ1v) is 7.75. The maximum atomic E-state index is 12.2. The molecule has 1 N–H and O–H groups in total. The number of hydrogen-bond acceptors (Lipinski definition) is 5. The molecule has 7 heteroatoms. The minimum Gasteiger partial charge on any atom is -0.356 e. The summed E-state index contributed by atoms with van der Waals surface area (Å²) >= 11 is 0. The minimum atomic E-state index is -0.102. The molecule has 2 heterocycles. The molecule has 0 saturated carbocycles. The van der Waals surface area contributed by atoms with E-state index in [-0.39, 0.29) is 17.7 Å². The van der Waals surface area contributed by atoms with Crippen molar-refractivity contribution >= 4 is 23.8 Å². The fraction of sp³-hybridized carbons (Fsp3) is 0.500. The zero-order valence-electron chi connectivity index (χ0n) is 13.8. The fourth-order valence-corrected chi connectivity index (χ4v) is 2.41. The predicted molar refractivity (Wildman–Crippen MR) is 88.8 cm³/mol. The molecule has 7 nitrogen and oxygen atoms in total. The Morgan fingerprint density at radius 3 is 2.70 bits per heavy atom. The van der Waals surface area contributed by atoms with Crippen LogP contribution in [-0.2, 0) is 9.59 Å². The third-order valence-corrected chi connectivity index (χ3v) is 3.70. The molecule has 1 atom stereocenters. The number of aromatic nitrogens is 2. The lowest BCUT2D eigenvalue weighted by atomic mass is 10.1. The SMILES string of the molecule is CCNC(=O)C1CCN(C(=O)C=Cc2cnc(N(C)C)nc2)C1. The monoisotopic (exact) mass is 317 g/mol. The molecular weight excluding hydrogens is 294 g/mol. The van der Waals surface area contributed by atoms with E-state index in [4.69, 9.17) is 0 Å². The van der Waals surface area contributed by atoms with Gasteiger partial charge >= 0.3 is 0 Å². The van der Waals surface area contributed by atoms with Crippen LogP contribution in [0.15, 0.2) is 18.5 Å². The maximum absolute atomic E-state index is 12.2. The van der Waals surface area contributed by atoms with Gasteiger partial charge in [-0.2, -0.15) is 0 Å². The van der Waals surface area contributed by atoms with Gasteiger partial charge in [-0.1, -0.05) is 0 Å². The van der Waals surface area contributed by atoms with E-state index in [2.05, 4.69) is 15.3 Å². The van der Waals surface area contributed by atoms with Gasteiger partial charge in [-0.3, -0.25) is 9.59 Å². The van der Waals surface area contributed by atoms with Crippen molar-refractivity contribution in [2.24, 2.45) is 5.92 Å². The van der Waals surface area contributed by atoms with E-state index >= 15 is 0 Å². The van der Waals surface area contributed by atoms with E-state index in [1.165, 1.54) is 6.08 Å². The Balaban J connectivity index is 1.90. The highest BCUT2D eigenvalue weighted by molar-refractivity contribution is 5.92. The van der Waals surface area contributed by atoms with Crippen LogP contribution in [0.2, 0.25) is 0 Å². The van der Waals surface area contributed by atoms with Crippen molar-refractivity contribution in [1.82, 2.24) is 20.2 Å². The Morgan fingerprint density at radius 2 is 2.09 bits per heavy atom. The summed E-state index contributed by atoms with van der Waals surface area (Å²) in [5, 5.41) is 2.80. The first-order chi connectivity index (χ1) is 11.0. The summed E-state index contributed by atoms with van der Waals surface area (Å²) in [7, 11) is 3.74. The lowest BCUT2D eigenvalue weighted by Gasteiger charge is -2.14. The van der Waals surface area contributed by atoms with Crippen LogP contribution in [0.1, 0.15) is 18.9 Å². The summed E-state index contributed by atoms with van der Waals surface area (Å²) in [5.74, 6) is 0.459. The van der Waals surface area contributed by atoms with Crippen molar-refractivity contribution in [1.29, 1.82) is 0 Å². The highest BCUT2D eigenvalue weighted by Crippen LogP contribution is 2.17. The Kier molecular flexibility index (Phi) is 5.67. The van der Waals surface area contributed by atoms with Gasteiger partial charge in [0.2, 0.25) is 17.8 Å². The number of rotatable bonds is 5. The Morgan fingerprint density at radius 1 is 1.39 bits per heavy atom. The second-order valence-electron chi connectivity index (χ2n) is 5.71. The van der Waals surface area contributed by atoms with Crippen molar-refractivity contribution in [3.8, 4) is 0 Å². The molecule has 0 aliphatic carbocycles. The number of hydrogen-bond donors (Lipinski definition) is 1. The molecule has 0 aromatic carbocycles. The van der Waals surface area contributed by atoms with E-state index in [0.29, 0.717) is 32.0 Å². The van der Waals surface area contributed by atoms with Crippen LogP contribution in [0.5, 0.6) is 0 Å². The standard InChI is InChI=1S/C16H23N5O2/c1-4-17-15(23)13-7-8-21(11-13)14(22)6-5-12-9-18-16(19-10-12)20(2)3/h5-6,9-10,13H,4,7-8,11H2,1-3H3,(H,17,23). The van der Waals surface area contributed by atoms with Gasteiger partial charge in [-0.05, 0) is 19.4 Å². The first kappa shape index (κ1) is 16.9. The summed E-state index contributed by atoms with van der Waals surface area (Å²) in [6.45, 7) is 3.60. The van der Waals surface area contributed by atoms with Gasteiger partial charge in [-0.15, -0.1) is 0 Å². The number of nitrogens with one attached hydrogen (secondary N) is 1. The molecule has 0 bridgehead atoms. The van der Waals surface area contributed by atoms with Crippen LogP contribution in [-0.4, -0.2) is 60.4 Å². The third-order valence-electron chi connectivity index (χ3n) is 3.70. The van der Waals surface area contributed by atoms with E-state index in [1.807, 2.05) is 25.9 Å². The molecule has 2 amide bonds. The van der Waals surface area contributed by atoms with Gasteiger partial charge in [0.25, 0.3) is 0 Å². The molecule has 1 unspecified atom stereocenters. The zero-order chi connectivity index (χ0) is 16.8. The van der Waals surface area contributed by atoms with E-state index < -0.39 is 0 Å². The summed E-state index contributed by atoms with van der Waals surface area (Å²) in [6, 6.07) is 0. The van der Waals surface area contributed by atoms with Crippen LogP contribution in [0.25, 0.3) is 6.08 Å². The lowest BCUT2D eigenvalue weighted by Crippen LogP contribution is -2.33. The van der Waals surface area contributed by atoms with Gasteiger partial charge in [0.15, 0.2) is 0 Å². The smallest absolute Gasteiger partial charge is 0.246 e. The normalized spacial score (nSPS) is 17.5. The largest absolute Gasteiger partial charge is 0.356 e. The van der Waals surface area contributed by atoms with Crippen molar-refractivity contribution in [2.45, 2.75) is 13.3 Å². The van der Waals surface area contributed by atoms with Crippen LogP contribution in [0.4, 0.5) is 5.95 Å². The summed E-state index contributed by atoms with van der Waals surface area (Å²) < 4.78 is 0. The molecule has 124 valence electrons. The molecule has 1 aliphatic heterocycles. The molecule has 0 spiro atoms. The van der Waals surface area contributed by atoms with Crippen molar-refractivity contribution in [2.75, 3.05) is 38.6 Å². The topological polar surface area (TPSA) is 78.4 Å². The number of anilines is 1. The molecule has 1 fully saturated rings. The van der Waals surface area contributed by atoms with Crippen LogP contribution < -0.4 is 10.2 Å². The van der Waals surface area contributed by atoms with E-state index in [1.54, 1.807) is 23.4 Å². The molecule has 1 saturated heterocycles. The lowest BCUT2D eigenvalue weighted by molar-refractivity contribution is -0.126. The third kappa shape index (κ3) is 4.51. The van der Waals surface area contributed by atoms with Crippen molar-refractivity contribution in [3.05, 3.63) is 24.0 Å².